The fraction of sp³-hybridized carbons (Fsp3) is 0.0833. The van der Waals surface area contributed by atoms with E-state index in [1.54, 1.807) is 4.90 Å². The van der Waals surface area contributed by atoms with Crippen LogP contribution in [0.4, 0.5) is 0 Å². The minimum absolute atomic E-state index is 0.207. The molecule has 0 saturated heterocycles. The topological polar surface area (TPSA) is 46.3 Å². The van der Waals surface area contributed by atoms with E-state index in [0.717, 1.165) is 10.4 Å². The van der Waals surface area contributed by atoms with Gasteiger partial charge in [-0.05, 0) is 16.5 Å². The highest BCUT2D eigenvalue weighted by Crippen LogP contribution is 1.93. The van der Waals surface area contributed by atoms with Crippen molar-refractivity contribution in [3.05, 3.63) is 47.0 Å². The molecule has 15 heavy (non-hydrogen) atoms. The molecule has 3 heteroatoms. The van der Waals surface area contributed by atoms with Gasteiger partial charge < -0.3 is 10.6 Å². The summed E-state index contributed by atoms with van der Waals surface area (Å²) in [5.74, 6) is -0.338. The summed E-state index contributed by atoms with van der Waals surface area (Å²) in [5, 5.41) is 2.23. The van der Waals surface area contributed by atoms with E-state index in [4.69, 9.17) is 5.73 Å². The van der Waals surface area contributed by atoms with Crippen LogP contribution in [0.15, 0.2) is 36.5 Å². The first-order valence-corrected chi connectivity index (χ1v) is 4.75. The smallest absolute Gasteiger partial charge is 0.237 e. The molecule has 0 radical (unpaired) electrons. The number of benzene rings is 1. The molecule has 0 aliphatic carbocycles. The third-order valence-electron chi connectivity index (χ3n) is 2.19. The normalized spacial score (nSPS) is 13.5. The molecular weight excluding hydrogens is 188 g/mol. The maximum absolute atomic E-state index is 10.8. The molecule has 0 unspecified atom stereocenters. The highest BCUT2D eigenvalue weighted by molar-refractivity contribution is 5.76. The van der Waals surface area contributed by atoms with Crippen LogP contribution in [0.5, 0.6) is 0 Å². The van der Waals surface area contributed by atoms with Crippen molar-refractivity contribution < 1.29 is 4.79 Å². The average Bonchev–Trinajstić information content (AvgIpc) is 2.38. The number of allylic oxidation sites excluding steroid dienone is 1. The van der Waals surface area contributed by atoms with E-state index in [-0.39, 0.29) is 12.5 Å². The van der Waals surface area contributed by atoms with Crippen LogP contribution in [-0.2, 0) is 4.79 Å². The van der Waals surface area contributed by atoms with Crippen LogP contribution in [0.1, 0.15) is 0 Å². The Kier molecular flexibility index (Phi) is 2.54. The van der Waals surface area contributed by atoms with Gasteiger partial charge in [-0.3, -0.25) is 4.79 Å². The fourth-order valence-corrected chi connectivity index (χ4v) is 1.54. The second-order valence-corrected chi connectivity index (χ2v) is 3.40. The molecule has 1 aromatic rings. The summed E-state index contributed by atoms with van der Waals surface area (Å²) in [7, 11) is 0. The van der Waals surface area contributed by atoms with Crippen LogP contribution in [-0.4, -0.2) is 17.4 Å². The number of rotatable bonds is 2. The van der Waals surface area contributed by atoms with Gasteiger partial charge in [-0.25, -0.2) is 0 Å². The molecule has 0 aromatic heterocycles. The van der Waals surface area contributed by atoms with Crippen LogP contribution >= 0.6 is 0 Å². The Balaban J connectivity index is 2.43. The Bertz CT molecular complexity index is 517. The van der Waals surface area contributed by atoms with E-state index in [1.807, 2.05) is 48.8 Å². The van der Waals surface area contributed by atoms with Gasteiger partial charge in [0.2, 0.25) is 5.91 Å². The van der Waals surface area contributed by atoms with E-state index < -0.39 is 0 Å². The lowest BCUT2D eigenvalue weighted by Gasteiger charge is -2.11. The molecule has 1 amide bonds. The number of amides is 1. The Morgan fingerprint density at radius 1 is 1.27 bits per heavy atom. The molecule has 0 bridgehead atoms. The SMILES string of the molecule is NC(=O)CN1C=CC=c2ccccc2=C1. The van der Waals surface area contributed by atoms with Crippen molar-refractivity contribution in [3.8, 4) is 0 Å². The summed E-state index contributed by atoms with van der Waals surface area (Å²) in [6.45, 7) is 0.207. The number of fused-ring (bicyclic) bond motifs is 1. The van der Waals surface area contributed by atoms with Gasteiger partial charge >= 0.3 is 0 Å². The van der Waals surface area contributed by atoms with Gasteiger partial charge in [0.1, 0.15) is 6.54 Å². The van der Waals surface area contributed by atoms with Gasteiger partial charge in [0, 0.05) is 12.4 Å². The number of hydrogen-bond acceptors (Lipinski definition) is 2. The second kappa shape index (κ2) is 4.00. The number of nitrogens with zero attached hydrogens (tertiary/aromatic N) is 1. The first kappa shape index (κ1) is 9.52. The van der Waals surface area contributed by atoms with Crippen molar-refractivity contribution in [1.82, 2.24) is 4.90 Å². The molecule has 1 aliphatic rings. The highest BCUT2D eigenvalue weighted by Gasteiger charge is 2.00. The molecule has 76 valence electrons. The maximum Gasteiger partial charge on any atom is 0.237 e. The van der Waals surface area contributed by atoms with Gasteiger partial charge in [0.05, 0.1) is 0 Å². The van der Waals surface area contributed by atoms with Crippen molar-refractivity contribution in [3.63, 3.8) is 0 Å². The molecule has 0 saturated carbocycles. The summed E-state index contributed by atoms with van der Waals surface area (Å²) in [6, 6.07) is 7.99. The van der Waals surface area contributed by atoms with E-state index >= 15 is 0 Å². The van der Waals surface area contributed by atoms with Gasteiger partial charge in [-0.2, -0.15) is 0 Å². The highest BCUT2D eigenvalue weighted by atomic mass is 16.1. The quantitative estimate of drug-likeness (QED) is 0.701. The predicted molar refractivity (Wildman–Crippen MR) is 59.7 cm³/mol. The van der Waals surface area contributed by atoms with Crippen LogP contribution in [0.2, 0.25) is 0 Å². The van der Waals surface area contributed by atoms with Gasteiger partial charge in [0.15, 0.2) is 0 Å². The van der Waals surface area contributed by atoms with Crippen LogP contribution < -0.4 is 16.2 Å². The third kappa shape index (κ3) is 2.26. The first-order valence-electron chi connectivity index (χ1n) is 4.75. The maximum atomic E-state index is 10.8. The molecule has 1 aromatic carbocycles. The minimum Gasteiger partial charge on any atom is -0.368 e. The van der Waals surface area contributed by atoms with Gasteiger partial charge in [-0.15, -0.1) is 0 Å². The van der Waals surface area contributed by atoms with Crippen LogP contribution in [0, 0.1) is 0 Å². The fourth-order valence-electron chi connectivity index (χ4n) is 1.54. The zero-order valence-corrected chi connectivity index (χ0v) is 8.26. The molecule has 1 heterocycles. The molecule has 0 spiro atoms. The number of carbonyl (C=O) groups excluding carboxylic acids is 1. The van der Waals surface area contributed by atoms with Crippen LogP contribution in [0.25, 0.3) is 12.3 Å². The van der Waals surface area contributed by atoms with E-state index in [9.17, 15) is 4.79 Å². The average molecular weight is 200 g/mol. The predicted octanol–water partition coefficient (Wildman–Crippen LogP) is -0.480. The third-order valence-corrected chi connectivity index (χ3v) is 2.19. The van der Waals surface area contributed by atoms with Crippen molar-refractivity contribution in [1.29, 1.82) is 0 Å². The minimum atomic E-state index is -0.338. The number of nitrogens with two attached hydrogens (primary N) is 1. The van der Waals surface area contributed by atoms with Gasteiger partial charge in [-0.1, -0.05) is 30.3 Å². The van der Waals surface area contributed by atoms with Crippen molar-refractivity contribution in [2.45, 2.75) is 0 Å². The molecular formula is C12H12N2O. The van der Waals surface area contributed by atoms with E-state index in [0.29, 0.717) is 0 Å². The van der Waals surface area contributed by atoms with Crippen molar-refractivity contribution in [2.75, 3.05) is 6.54 Å². The van der Waals surface area contributed by atoms with E-state index in [2.05, 4.69) is 0 Å². The Hall–Kier alpha value is -2.03. The first-order chi connectivity index (χ1) is 7.25. The van der Waals surface area contributed by atoms with Crippen LogP contribution in [0.3, 0.4) is 0 Å². The monoisotopic (exact) mass is 200 g/mol. The standard InChI is InChI=1S/C12H12N2O/c13-12(15)9-14-7-3-6-10-4-1-2-5-11(10)8-14/h1-8H,9H2,(H2,13,15). The summed E-state index contributed by atoms with van der Waals surface area (Å²) in [4.78, 5) is 12.6. The molecule has 3 nitrogen and oxygen atoms in total. The lowest BCUT2D eigenvalue weighted by atomic mass is 10.2. The number of primary amides is 1. The largest absolute Gasteiger partial charge is 0.368 e. The Morgan fingerprint density at radius 3 is 2.73 bits per heavy atom. The lowest BCUT2D eigenvalue weighted by molar-refractivity contribution is -0.118. The Morgan fingerprint density at radius 2 is 2.00 bits per heavy atom. The summed E-state index contributed by atoms with van der Waals surface area (Å²) < 4.78 is 0. The molecule has 0 fully saturated rings. The zero-order chi connectivity index (χ0) is 10.7. The molecule has 2 N–H and O–H groups in total. The zero-order valence-electron chi connectivity index (χ0n) is 8.26. The second-order valence-electron chi connectivity index (χ2n) is 3.40. The Labute approximate surface area is 87.8 Å². The lowest BCUT2D eigenvalue weighted by Crippen LogP contribution is -2.30. The molecule has 2 rings (SSSR count). The van der Waals surface area contributed by atoms with Crippen molar-refractivity contribution in [2.24, 2.45) is 5.73 Å². The van der Waals surface area contributed by atoms with Crippen molar-refractivity contribution >= 4 is 18.2 Å². The van der Waals surface area contributed by atoms with E-state index in [1.165, 1.54) is 0 Å². The number of carbonyl (C=O) groups is 1. The molecule has 0 atom stereocenters. The summed E-state index contributed by atoms with van der Waals surface area (Å²) in [6.07, 6.45) is 7.67. The van der Waals surface area contributed by atoms with Gasteiger partial charge in [0.25, 0.3) is 0 Å². The molecule has 1 aliphatic heterocycles. The summed E-state index contributed by atoms with van der Waals surface area (Å²) >= 11 is 0. The number of hydrogen-bond donors (Lipinski definition) is 1. The summed E-state index contributed by atoms with van der Waals surface area (Å²) in [5.41, 5.74) is 5.15.